The van der Waals surface area contributed by atoms with E-state index in [-0.39, 0.29) is 11.3 Å². The Morgan fingerprint density at radius 2 is 1.75 bits per heavy atom. The van der Waals surface area contributed by atoms with Crippen molar-refractivity contribution >= 4 is 11.6 Å². The number of nitrogens with zero attached hydrogens (tertiary/aromatic N) is 1. The number of amides is 1. The second kappa shape index (κ2) is 8.02. The monoisotopic (exact) mass is 330 g/mol. The number of carbonyl (C=O) groups is 1. The van der Waals surface area contributed by atoms with Gasteiger partial charge in [0.2, 0.25) is 5.91 Å². The predicted octanol–water partition coefficient (Wildman–Crippen LogP) is 4.07. The number of hydrogen-bond acceptors (Lipinski definition) is 3. The molecule has 1 amide bonds. The number of ether oxygens (including phenoxy) is 1. The largest absolute Gasteiger partial charge is 0.492 e. The van der Waals surface area contributed by atoms with Gasteiger partial charge in [-0.2, -0.15) is 0 Å². The lowest BCUT2D eigenvalue weighted by Gasteiger charge is -2.26. The van der Waals surface area contributed by atoms with Gasteiger partial charge in [0.05, 0.1) is 0 Å². The van der Waals surface area contributed by atoms with Crippen LogP contribution in [0.4, 0.5) is 5.69 Å². The molecule has 2 fully saturated rings. The van der Waals surface area contributed by atoms with Gasteiger partial charge in [0, 0.05) is 17.6 Å². The molecule has 0 aromatic heterocycles. The van der Waals surface area contributed by atoms with Crippen molar-refractivity contribution in [2.24, 2.45) is 5.41 Å². The maximum atomic E-state index is 12.4. The third-order valence-electron chi connectivity index (χ3n) is 5.49. The molecule has 2 aliphatic rings. The Bertz CT molecular complexity index is 529. The van der Waals surface area contributed by atoms with Crippen LogP contribution in [0.25, 0.3) is 0 Å². The first-order valence-electron chi connectivity index (χ1n) is 9.42. The van der Waals surface area contributed by atoms with E-state index in [1.54, 1.807) is 0 Å². The summed E-state index contributed by atoms with van der Waals surface area (Å²) in [5, 5.41) is 3.06. The van der Waals surface area contributed by atoms with E-state index in [1.165, 1.54) is 32.4 Å². The van der Waals surface area contributed by atoms with Crippen LogP contribution in [0.3, 0.4) is 0 Å². The van der Waals surface area contributed by atoms with Crippen molar-refractivity contribution in [3.8, 4) is 5.75 Å². The Hall–Kier alpha value is -1.55. The quantitative estimate of drug-likeness (QED) is 0.855. The summed E-state index contributed by atoms with van der Waals surface area (Å²) in [5.41, 5.74) is 0.667. The van der Waals surface area contributed by atoms with E-state index < -0.39 is 0 Å². The maximum Gasteiger partial charge on any atom is 0.230 e. The standard InChI is InChI=1S/C20H30N2O2/c1-20(11-3-4-12-20)19(23)21-17-7-9-18(10-8-17)24-16-15-22-13-5-2-6-14-22/h7-10H,2-6,11-16H2,1H3,(H,21,23). The first-order valence-corrected chi connectivity index (χ1v) is 9.42. The highest BCUT2D eigenvalue weighted by Gasteiger charge is 2.36. The Morgan fingerprint density at radius 3 is 2.42 bits per heavy atom. The SMILES string of the molecule is CC1(C(=O)Nc2ccc(OCCN3CCCCC3)cc2)CCCC1. The summed E-state index contributed by atoms with van der Waals surface area (Å²) in [6.07, 6.45) is 8.30. The summed E-state index contributed by atoms with van der Waals surface area (Å²) in [6, 6.07) is 7.77. The van der Waals surface area contributed by atoms with Crippen LogP contribution in [0.2, 0.25) is 0 Å². The third kappa shape index (κ3) is 4.50. The molecule has 1 saturated heterocycles. The lowest BCUT2D eigenvalue weighted by Crippen LogP contribution is -2.33. The lowest BCUT2D eigenvalue weighted by atomic mass is 9.88. The van der Waals surface area contributed by atoms with E-state index in [4.69, 9.17) is 4.74 Å². The molecule has 1 aromatic rings. The molecule has 0 radical (unpaired) electrons. The molecule has 4 heteroatoms. The van der Waals surface area contributed by atoms with Crippen LogP contribution in [0, 0.1) is 5.41 Å². The van der Waals surface area contributed by atoms with Gasteiger partial charge < -0.3 is 10.1 Å². The molecule has 0 bridgehead atoms. The van der Waals surface area contributed by atoms with Crippen molar-refractivity contribution in [2.45, 2.75) is 51.9 Å². The van der Waals surface area contributed by atoms with Crippen LogP contribution in [-0.2, 0) is 4.79 Å². The number of likely N-dealkylation sites (tertiary alicyclic amines) is 1. The van der Waals surface area contributed by atoms with E-state index in [2.05, 4.69) is 17.1 Å². The molecule has 1 aromatic carbocycles. The number of piperidine rings is 1. The molecule has 1 N–H and O–H groups in total. The Morgan fingerprint density at radius 1 is 1.08 bits per heavy atom. The van der Waals surface area contributed by atoms with Crippen molar-refractivity contribution in [2.75, 3.05) is 31.6 Å². The minimum atomic E-state index is -0.191. The fraction of sp³-hybridized carbons (Fsp3) is 0.650. The number of carbonyl (C=O) groups excluding carboxylic acids is 1. The molecule has 1 aliphatic heterocycles. The van der Waals surface area contributed by atoms with Gasteiger partial charge in [-0.15, -0.1) is 0 Å². The highest BCUT2D eigenvalue weighted by atomic mass is 16.5. The van der Waals surface area contributed by atoms with Crippen LogP contribution >= 0.6 is 0 Å². The number of hydrogen-bond donors (Lipinski definition) is 1. The van der Waals surface area contributed by atoms with Gasteiger partial charge in [0.1, 0.15) is 12.4 Å². The summed E-state index contributed by atoms with van der Waals surface area (Å²) in [7, 11) is 0. The zero-order valence-electron chi connectivity index (χ0n) is 14.9. The zero-order valence-corrected chi connectivity index (χ0v) is 14.9. The van der Waals surface area contributed by atoms with Crippen LogP contribution in [-0.4, -0.2) is 37.0 Å². The summed E-state index contributed by atoms with van der Waals surface area (Å²) in [5.74, 6) is 1.02. The summed E-state index contributed by atoms with van der Waals surface area (Å²) >= 11 is 0. The summed E-state index contributed by atoms with van der Waals surface area (Å²) < 4.78 is 5.83. The van der Waals surface area contributed by atoms with Gasteiger partial charge in [0.25, 0.3) is 0 Å². The van der Waals surface area contributed by atoms with Gasteiger partial charge in [0.15, 0.2) is 0 Å². The van der Waals surface area contributed by atoms with E-state index in [0.29, 0.717) is 0 Å². The minimum absolute atomic E-state index is 0.152. The molecule has 1 saturated carbocycles. The van der Waals surface area contributed by atoms with Gasteiger partial charge >= 0.3 is 0 Å². The van der Waals surface area contributed by atoms with Gasteiger partial charge in [-0.1, -0.05) is 26.2 Å². The maximum absolute atomic E-state index is 12.4. The van der Waals surface area contributed by atoms with E-state index in [9.17, 15) is 4.79 Å². The van der Waals surface area contributed by atoms with E-state index in [1.807, 2.05) is 24.3 Å². The molecular formula is C20H30N2O2. The van der Waals surface area contributed by atoms with Crippen molar-refractivity contribution in [1.82, 2.24) is 4.90 Å². The molecule has 0 atom stereocenters. The van der Waals surface area contributed by atoms with Gasteiger partial charge in [-0.3, -0.25) is 9.69 Å². The van der Waals surface area contributed by atoms with Crippen LogP contribution in [0.5, 0.6) is 5.75 Å². The third-order valence-corrected chi connectivity index (χ3v) is 5.49. The number of nitrogens with one attached hydrogen (secondary N) is 1. The first kappa shape index (κ1) is 17.3. The van der Waals surface area contributed by atoms with E-state index >= 15 is 0 Å². The Kier molecular flexibility index (Phi) is 5.77. The van der Waals surface area contributed by atoms with Crippen molar-refractivity contribution in [3.63, 3.8) is 0 Å². The van der Waals surface area contributed by atoms with Gasteiger partial charge in [-0.05, 0) is 63.0 Å². The second-order valence-corrected chi connectivity index (χ2v) is 7.50. The number of rotatable bonds is 6. The molecule has 3 rings (SSSR count). The average molecular weight is 330 g/mol. The summed E-state index contributed by atoms with van der Waals surface area (Å²) in [6.45, 7) is 6.20. The van der Waals surface area contributed by atoms with Crippen molar-refractivity contribution in [3.05, 3.63) is 24.3 Å². The highest BCUT2D eigenvalue weighted by Crippen LogP contribution is 2.38. The molecule has 132 valence electrons. The first-order chi connectivity index (χ1) is 11.7. The average Bonchev–Trinajstić information content (AvgIpc) is 3.05. The molecule has 24 heavy (non-hydrogen) atoms. The van der Waals surface area contributed by atoms with Crippen LogP contribution in [0.15, 0.2) is 24.3 Å². The van der Waals surface area contributed by atoms with Crippen LogP contribution in [0.1, 0.15) is 51.9 Å². The fourth-order valence-electron chi connectivity index (χ4n) is 3.77. The lowest BCUT2D eigenvalue weighted by molar-refractivity contribution is -0.124. The van der Waals surface area contributed by atoms with E-state index in [0.717, 1.165) is 50.3 Å². The molecule has 1 heterocycles. The molecule has 0 spiro atoms. The fourth-order valence-corrected chi connectivity index (χ4v) is 3.77. The molecular weight excluding hydrogens is 300 g/mol. The van der Waals surface area contributed by atoms with Crippen LogP contribution < -0.4 is 10.1 Å². The summed E-state index contributed by atoms with van der Waals surface area (Å²) in [4.78, 5) is 14.9. The minimum Gasteiger partial charge on any atom is -0.492 e. The predicted molar refractivity (Wildman–Crippen MR) is 97.4 cm³/mol. The number of anilines is 1. The van der Waals surface area contributed by atoms with Crippen molar-refractivity contribution < 1.29 is 9.53 Å². The smallest absolute Gasteiger partial charge is 0.230 e. The molecule has 0 unspecified atom stereocenters. The molecule has 4 nitrogen and oxygen atoms in total. The normalized spacial score (nSPS) is 20.7. The zero-order chi connectivity index (χ0) is 16.8. The second-order valence-electron chi connectivity index (χ2n) is 7.50. The molecule has 1 aliphatic carbocycles. The number of benzene rings is 1. The Labute approximate surface area is 145 Å². The Balaban J connectivity index is 1.44. The van der Waals surface area contributed by atoms with Crippen molar-refractivity contribution in [1.29, 1.82) is 0 Å². The topological polar surface area (TPSA) is 41.6 Å². The van der Waals surface area contributed by atoms with Gasteiger partial charge in [-0.25, -0.2) is 0 Å². The highest BCUT2D eigenvalue weighted by molar-refractivity contribution is 5.95.